The van der Waals surface area contributed by atoms with E-state index in [2.05, 4.69) is 47.8 Å². The Morgan fingerprint density at radius 3 is 2.94 bits per heavy atom. The average Bonchev–Trinajstić information content (AvgIpc) is 2.40. The number of alkyl halides is 1. The Kier molecular flexibility index (Phi) is 5.24. The highest BCUT2D eigenvalue weighted by molar-refractivity contribution is 9.11. The van der Waals surface area contributed by atoms with Gasteiger partial charge in [-0.05, 0) is 34.1 Å². The lowest BCUT2D eigenvalue weighted by Gasteiger charge is -2.34. The third-order valence-corrected chi connectivity index (χ3v) is 4.76. The highest BCUT2D eigenvalue weighted by Gasteiger charge is 2.28. The molecule has 0 radical (unpaired) electrons. The molecule has 1 fully saturated rings. The molecule has 0 bridgehead atoms. The monoisotopic (exact) mass is 439 g/mol. The van der Waals surface area contributed by atoms with Crippen LogP contribution in [0.15, 0.2) is 27.1 Å². The Morgan fingerprint density at radius 2 is 2.22 bits per heavy atom. The molecular weight excluding hydrogens is 430 g/mol. The summed E-state index contributed by atoms with van der Waals surface area (Å²) in [5.74, 6) is 0.0379. The first kappa shape index (κ1) is 14.5. The maximum absolute atomic E-state index is 12.5. The van der Waals surface area contributed by atoms with Crippen molar-refractivity contribution in [2.75, 3.05) is 25.1 Å². The molecule has 1 atom stereocenters. The topological polar surface area (TPSA) is 29.5 Å². The summed E-state index contributed by atoms with van der Waals surface area (Å²) in [6, 6.07) is 5.72. The fourth-order valence-electron chi connectivity index (χ4n) is 1.87. The van der Waals surface area contributed by atoms with Crippen LogP contribution in [0.5, 0.6) is 0 Å². The highest BCUT2D eigenvalue weighted by atomic mass is 79.9. The van der Waals surface area contributed by atoms with Gasteiger partial charge in [0.1, 0.15) is 0 Å². The van der Waals surface area contributed by atoms with Crippen LogP contribution >= 0.6 is 47.8 Å². The van der Waals surface area contributed by atoms with Crippen molar-refractivity contribution >= 4 is 53.7 Å². The summed E-state index contributed by atoms with van der Waals surface area (Å²) in [7, 11) is 0. The standard InChI is InChI=1S/C12H12Br3NO2/c13-6-9-7-18-4-3-16(9)12(17)10-5-8(14)1-2-11(10)15/h1-2,5,9H,3-4,6-7H2. The number of carbonyl (C=O) groups is 1. The quantitative estimate of drug-likeness (QED) is 0.658. The number of hydrogen-bond acceptors (Lipinski definition) is 2. The molecule has 6 heteroatoms. The lowest BCUT2D eigenvalue weighted by Crippen LogP contribution is -2.49. The van der Waals surface area contributed by atoms with Gasteiger partial charge in [-0.3, -0.25) is 4.79 Å². The van der Waals surface area contributed by atoms with Gasteiger partial charge in [-0.1, -0.05) is 31.9 Å². The molecule has 98 valence electrons. The van der Waals surface area contributed by atoms with E-state index in [9.17, 15) is 4.79 Å². The fourth-order valence-corrected chi connectivity index (χ4v) is 3.18. The molecule has 0 aliphatic carbocycles. The molecule has 2 rings (SSSR count). The van der Waals surface area contributed by atoms with Crippen LogP contribution in [0.4, 0.5) is 0 Å². The molecule has 1 aromatic rings. The number of ether oxygens (including phenoxy) is 1. The van der Waals surface area contributed by atoms with Crippen LogP contribution in [-0.4, -0.2) is 41.9 Å². The third kappa shape index (κ3) is 3.15. The number of nitrogens with zero attached hydrogens (tertiary/aromatic N) is 1. The van der Waals surface area contributed by atoms with E-state index < -0.39 is 0 Å². The molecule has 0 saturated carbocycles. The number of morpholine rings is 1. The van der Waals surface area contributed by atoms with Crippen LogP contribution in [0.3, 0.4) is 0 Å². The van der Waals surface area contributed by atoms with Crippen molar-refractivity contribution in [3.05, 3.63) is 32.7 Å². The Labute approximate surface area is 131 Å². The third-order valence-electron chi connectivity index (χ3n) is 2.83. The van der Waals surface area contributed by atoms with Crippen molar-refractivity contribution in [1.82, 2.24) is 4.90 Å². The summed E-state index contributed by atoms with van der Waals surface area (Å²) in [6.45, 7) is 1.82. The van der Waals surface area contributed by atoms with Gasteiger partial charge in [-0.15, -0.1) is 0 Å². The second-order valence-corrected chi connectivity index (χ2v) is 6.42. The summed E-state index contributed by atoms with van der Waals surface area (Å²) >= 11 is 10.3. The van der Waals surface area contributed by atoms with E-state index in [0.717, 1.165) is 14.3 Å². The number of halogens is 3. The molecule has 1 aliphatic rings. The van der Waals surface area contributed by atoms with Crippen LogP contribution in [0.1, 0.15) is 10.4 Å². The van der Waals surface area contributed by atoms with Gasteiger partial charge in [0.2, 0.25) is 0 Å². The number of carbonyl (C=O) groups excluding carboxylic acids is 1. The smallest absolute Gasteiger partial charge is 0.255 e. The summed E-state index contributed by atoms with van der Waals surface area (Å²) in [5, 5.41) is 0.727. The SMILES string of the molecule is O=C(c1cc(Br)ccc1Br)N1CCOCC1CBr. The molecule has 1 aliphatic heterocycles. The van der Waals surface area contributed by atoms with Crippen molar-refractivity contribution in [1.29, 1.82) is 0 Å². The number of hydrogen-bond donors (Lipinski definition) is 0. The summed E-state index contributed by atoms with van der Waals surface area (Å²) in [5.41, 5.74) is 0.678. The molecule has 0 spiro atoms. The van der Waals surface area contributed by atoms with E-state index in [4.69, 9.17) is 4.74 Å². The van der Waals surface area contributed by atoms with Gasteiger partial charge in [0, 0.05) is 20.8 Å². The van der Waals surface area contributed by atoms with Crippen LogP contribution < -0.4 is 0 Å². The summed E-state index contributed by atoms with van der Waals surface area (Å²) < 4.78 is 7.11. The van der Waals surface area contributed by atoms with E-state index in [1.807, 2.05) is 23.1 Å². The van der Waals surface area contributed by atoms with E-state index >= 15 is 0 Å². The minimum Gasteiger partial charge on any atom is -0.377 e. The van der Waals surface area contributed by atoms with Crippen molar-refractivity contribution in [2.24, 2.45) is 0 Å². The summed E-state index contributed by atoms with van der Waals surface area (Å²) in [6.07, 6.45) is 0. The molecule has 1 heterocycles. The average molecular weight is 442 g/mol. The van der Waals surface area contributed by atoms with E-state index in [1.165, 1.54) is 0 Å². The lowest BCUT2D eigenvalue weighted by molar-refractivity contribution is 0.00519. The van der Waals surface area contributed by atoms with Gasteiger partial charge in [0.05, 0.1) is 24.8 Å². The van der Waals surface area contributed by atoms with Crippen molar-refractivity contribution in [2.45, 2.75) is 6.04 Å². The molecule has 18 heavy (non-hydrogen) atoms. The van der Waals surface area contributed by atoms with Crippen molar-refractivity contribution in [3.8, 4) is 0 Å². The van der Waals surface area contributed by atoms with Crippen LogP contribution in [-0.2, 0) is 4.74 Å². The Morgan fingerprint density at radius 1 is 1.44 bits per heavy atom. The molecule has 0 aromatic heterocycles. The molecule has 1 unspecified atom stereocenters. The molecule has 0 N–H and O–H groups in total. The predicted octanol–water partition coefficient (Wildman–Crippen LogP) is 3.45. The second-order valence-electron chi connectivity index (χ2n) is 4.01. The minimum absolute atomic E-state index is 0.0379. The van der Waals surface area contributed by atoms with Crippen molar-refractivity contribution < 1.29 is 9.53 Å². The number of benzene rings is 1. The molecular formula is C12H12Br3NO2. The molecule has 1 saturated heterocycles. The normalized spacial score (nSPS) is 19.9. The maximum atomic E-state index is 12.5. The Balaban J connectivity index is 2.26. The van der Waals surface area contributed by atoms with Gasteiger partial charge in [-0.2, -0.15) is 0 Å². The zero-order valence-corrected chi connectivity index (χ0v) is 14.3. The zero-order valence-electron chi connectivity index (χ0n) is 9.54. The molecule has 1 amide bonds. The first-order valence-corrected chi connectivity index (χ1v) is 8.24. The van der Waals surface area contributed by atoms with Gasteiger partial charge in [-0.25, -0.2) is 0 Å². The van der Waals surface area contributed by atoms with Crippen LogP contribution in [0, 0.1) is 0 Å². The lowest BCUT2D eigenvalue weighted by atomic mass is 10.1. The van der Waals surface area contributed by atoms with E-state index in [1.54, 1.807) is 0 Å². The maximum Gasteiger partial charge on any atom is 0.255 e. The van der Waals surface area contributed by atoms with Crippen LogP contribution in [0.2, 0.25) is 0 Å². The number of amides is 1. The minimum atomic E-state index is 0.0379. The zero-order chi connectivity index (χ0) is 13.1. The van der Waals surface area contributed by atoms with E-state index in [-0.39, 0.29) is 11.9 Å². The van der Waals surface area contributed by atoms with Gasteiger partial charge >= 0.3 is 0 Å². The largest absolute Gasteiger partial charge is 0.377 e. The van der Waals surface area contributed by atoms with Gasteiger partial charge in [0.25, 0.3) is 5.91 Å². The highest BCUT2D eigenvalue weighted by Crippen LogP contribution is 2.24. The van der Waals surface area contributed by atoms with Gasteiger partial charge < -0.3 is 9.64 Å². The summed E-state index contributed by atoms with van der Waals surface area (Å²) in [4.78, 5) is 14.4. The first-order valence-electron chi connectivity index (χ1n) is 5.53. The fraction of sp³-hybridized carbons (Fsp3) is 0.417. The molecule has 1 aromatic carbocycles. The van der Waals surface area contributed by atoms with E-state index in [0.29, 0.717) is 25.3 Å². The second kappa shape index (κ2) is 6.50. The predicted molar refractivity (Wildman–Crippen MR) is 81.3 cm³/mol. The van der Waals surface area contributed by atoms with Crippen LogP contribution in [0.25, 0.3) is 0 Å². The Hall–Kier alpha value is 0.0900. The van der Waals surface area contributed by atoms with Crippen molar-refractivity contribution in [3.63, 3.8) is 0 Å². The molecule has 3 nitrogen and oxygen atoms in total. The number of rotatable bonds is 2. The van der Waals surface area contributed by atoms with Gasteiger partial charge in [0.15, 0.2) is 0 Å². The first-order chi connectivity index (χ1) is 8.63. The Bertz CT molecular complexity index is 453.